The fourth-order valence-corrected chi connectivity index (χ4v) is 2.81. The van der Waals surface area contributed by atoms with Gasteiger partial charge in [0.2, 0.25) is 0 Å². The van der Waals surface area contributed by atoms with Crippen LogP contribution in [-0.4, -0.2) is 35.5 Å². The summed E-state index contributed by atoms with van der Waals surface area (Å²) in [5.74, 6) is 0. The number of nitrogens with zero attached hydrogens (tertiary/aromatic N) is 2. The van der Waals surface area contributed by atoms with E-state index >= 15 is 0 Å². The molecule has 1 aromatic carbocycles. The van der Waals surface area contributed by atoms with Gasteiger partial charge in [-0.1, -0.05) is 12.1 Å². The zero-order chi connectivity index (χ0) is 14.5. The first-order chi connectivity index (χ1) is 9.56. The first-order valence-electron chi connectivity index (χ1n) is 7.29. The van der Waals surface area contributed by atoms with Crippen LogP contribution in [0, 0.1) is 10.1 Å². The number of rotatable bonds is 6. The van der Waals surface area contributed by atoms with Crippen LogP contribution in [0.2, 0.25) is 0 Å². The quantitative estimate of drug-likeness (QED) is 0.641. The van der Waals surface area contributed by atoms with E-state index in [0.717, 1.165) is 12.1 Å². The summed E-state index contributed by atoms with van der Waals surface area (Å²) in [7, 11) is 0. The fraction of sp³-hybridized carbons (Fsp3) is 0.600. The van der Waals surface area contributed by atoms with Gasteiger partial charge in [0, 0.05) is 30.8 Å². The lowest BCUT2D eigenvalue weighted by Crippen LogP contribution is -2.39. The Morgan fingerprint density at radius 3 is 2.40 bits per heavy atom. The third-order valence-electron chi connectivity index (χ3n) is 3.87. The van der Waals surface area contributed by atoms with Crippen molar-refractivity contribution in [1.82, 2.24) is 10.2 Å². The summed E-state index contributed by atoms with van der Waals surface area (Å²) in [4.78, 5) is 12.8. The van der Waals surface area contributed by atoms with Crippen LogP contribution in [0.15, 0.2) is 24.3 Å². The lowest BCUT2D eigenvalue weighted by atomic mass is 10.1. The second-order valence-corrected chi connectivity index (χ2v) is 5.65. The average molecular weight is 277 g/mol. The van der Waals surface area contributed by atoms with Gasteiger partial charge in [0.05, 0.1) is 4.92 Å². The van der Waals surface area contributed by atoms with E-state index in [9.17, 15) is 10.1 Å². The summed E-state index contributed by atoms with van der Waals surface area (Å²) >= 11 is 0. The van der Waals surface area contributed by atoms with Crippen LogP contribution in [0.3, 0.4) is 0 Å². The van der Waals surface area contributed by atoms with Crippen molar-refractivity contribution in [1.29, 1.82) is 0 Å². The Kier molecular flexibility index (Phi) is 5.09. The summed E-state index contributed by atoms with van der Waals surface area (Å²) in [6.07, 6.45) is 2.62. The lowest BCUT2D eigenvalue weighted by Gasteiger charge is -2.24. The van der Waals surface area contributed by atoms with Gasteiger partial charge in [0.1, 0.15) is 0 Å². The minimum atomic E-state index is -0.363. The topological polar surface area (TPSA) is 58.4 Å². The molecule has 2 unspecified atom stereocenters. The van der Waals surface area contributed by atoms with E-state index < -0.39 is 0 Å². The largest absolute Gasteiger partial charge is 0.306 e. The van der Waals surface area contributed by atoms with E-state index in [1.165, 1.54) is 25.9 Å². The number of nitro benzene ring substituents is 1. The standard InChI is InChI=1S/C15H23N3O2/c1-12(11-17-9-3-4-10-17)16-13(2)14-5-7-15(8-6-14)18(19)20/h5-8,12-13,16H,3-4,9-11H2,1-2H3. The van der Waals surface area contributed by atoms with Gasteiger partial charge in [-0.05, 0) is 45.3 Å². The predicted octanol–water partition coefficient (Wildman–Crippen LogP) is 2.73. The summed E-state index contributed by atoms with van der Waals surface area (Å²) in [5, 5.41) is 14.2. The number of nitrogens with one attached hydrogen (secondary N) is 1. The van der Waals surface area contributed by atoms with Crippen LogP contribution >= 0.6 is 0 Å². The van der Waals surface area contributed by atoms with Gasteiger partial charge in [-0.2, -0.15) is 0 Å². The highest BCUT2D eigenvalue weighted by molar-refractivity contribution is 5.34. The second-order valence-electron chi connectivity index (χ2n) is 5.65. The van der Waals surface area contributed by atoms with Gasteiger partial charge < -0.3 is 10.2 Å². The molecule has 0 spiro atoms. The predicted molar refractivity (Wildman–Crippen MR) is 79.8 cm³/mol. The van der Waals surface area contributed by atoms with Crippen molar-refractivity contribution in [3.8, 4) is 0 Å². The molecule has 2 rings (SSSR count). The minimum absolute atomic E-state index is 0.145. The molecule has 1 aliphatic rings. The van der Waals surface area contributed by atoms with E-state index in [0.29, 0.717) is 6.04 Å². The Labute approximate surface area is 120 Å². The van der Waals surface area contributed by atoms with Gasteiger partial charge >= 0.3 is 0 Å². The number of non-ortho nitro benzene ring substituents is 1. The van der Waals surface area contributed by atoms with Crippen molar-refractivity contribution in [2.75, 3.05) is 19.6 Å². The molecule has 1 saturated heterocycles. The Hall–Kier alpha value is -1.46. The number of benzene rings is 1. The molecule has 0 aliphatic carbocycles. The van der Waals surface area contributed by atoms with E-state index in [1.807, 2.05) is 12.1 Å². The first-order valence-corrected chi connectivity index (χ1v) is 7.29. The van der Waals surface area contributed by atoms with E-state index in [4.69, 9.17) is 0 Å². The molecule has 0 bridgehead atoms. The smallest absolute Gasteiger partial charge is 0.269 e. The van der Waals surface area contributed by atoms with Crippen molar-refractivity contribution >= 4 is 5.69 Å². The normalized spacial score (nSPS) is 18.9. The molecule has 5 nitrogen and oxygen atoms in total. The van der Waals surface area contributed by atoms with Gasteiger partial charge in [-0.15, -0.1) is 0 Å². The molecule has 1 heterocycles. The maximum atomic E-state index is 10.6. The minimum Gasteiger partial charge on any atom is -0.306 e. The summed E-state index contributed by atoms with van der Waals surface area (Å²) in [6, 6.07) is 7.42. The SMILES string of the molecule is CC(CN1CCCC1)NC(C)c1ccc([N+](=O)[O-])cc1. The van der Waals surface area contributed by atoms with E-state index in [-0.39, 0.29) is 16.7 Å². The fourth-order valence-electron chi connectivity index (χ4n) is 2.81. The summed E-state index contributed by atoms with van der Waals surface area (Å²) in [5.41, 5.74) is 1.23. The lowest BCUT2D eigenvalue weighted by molar-refractivity contribution is -0.384. The molecule has 110 valence electrons. The second kappa shape index (κ2) is 6.81. The molecule has 1 fully saturated rings. The number of nitro groups is 1. The molecule has 0 saturated carbocycles. The Morgan fingerprint density at radius 2 is 1.85 bits per heavy atom. The molecule has 0 aromatic heterocycles. The van der Waals surface area contributed by atoms with Crippen molar-refractivity contribution in [2.24, 2.45) is 0 Å². The molecule has 0 radical (unpaired) electrons. The van der Waals surface area contributed by atoms with Gasteiger partial charge in [-0.3, -0.25) is 10.1 Å². The van der Waals surface area contributed by atoms with Crippen LogP contribution in [-0.2, 0) is 0 Å². The van der Waals surface area contributed by atoms with E-state index in [2.05, 4.69) is 24.1 Å². The number of hydrogen-bond acceptors (Lipinski definition) is 4. The monoisotopic (exact) mass is 277 g/mol. The molecule has 2 atom stereocenters. The molecule has 0 amide bonds. The highest BCUT2D eigenvalue weighted by Crippen LogP contribution is 2.18. The Balaban J connectivity index is 1.86. The van der Waals surface area contributed by atoms with Crippen LogP contribution in [0.5, 0.6) is 0 Å². The molecular formula is C15H23N3O2. The van der Waals surface area contributed by atoms with Crippen LogP contribution in [0.4, 0.5) is 5.69 Å². The van der Waals surface area contributed by atoms with Crippen molar-refractivity contribution in [2.45, 2.75) is 38.8 Å². The molecule has 1 aliphatic heterocycles. The molecule has 1 N–H and O–H groups in total. The van der Waals surface area contributed by atoms with Gasteiger partial charge in [-0.25, -0.2) is 0 Å². The zero-order valence-corrected chi connectivity index (χ0v) is 12.2. The van der Waals surface area contributed by atoms with E-state index in [1.54, 1.807) is 12.1 Å². The summed E-state index contributed by atoms with van der Waals surface area (Å²) in [6.45, 7) is 7.77. The average Bonchev–Trinajstić information content (AvgIpc) is 2.91. The molecular weight excluding hydrogens is 254 g/mol. The van der Waals surface area contributed by atoms with Crippen LogP contribution in [0.1, 0.15) is 38.3 Å². The third-order valence-corrected chi connectivity index (χ3v) is 3.87. The van der Waals surface area contributed by atoms with Crippen LogP contribution < -0.4 is 5.32 Å². The highest BCUT2D eigenvalue weighted by Gasteiger charge is 2.16. The number of likely N-dealkylation sites (tertiary alicyclic amines) is 1. The van der Waals surface area contributed by atoms with Crippen molar-refractivity contribution < 1.29 is 4.92 Å². The molecule has 20 heavy (non-hydrogen) atoms. The first kappa shape index (κ1) is 14.9. The highest BCUT2D eigenvalue weighted by atomic mass is 16.6. The number of hydrogen-bond donors (Lipinski definition) is 1. The van der Waals surface area contributed by atoms with Crippen molar-refractivity contribution in [3.63, 3.8) is 0 Å². The van der Waals surface area contributed by atoms with Gasteiger partial charge in [0.25, 0.3) is 5.69 Å². The maximum absolute atomic E-state index is 10.6. The molecule has 5 heteroatoms. The van der Waals surface area contributed by atoms with Crippen molar-refractivity contribution in [3.05, 3.63) is 39.9 Å². The summed E-state index contributed by atoms with van der Waals surface area (Å²) < 4.78 is 0. The Morgan fingerprint density at radius 1 is 1.25 bits per heavy atom. The zero-order valence-electron chi connectivity index (χ0n) is 12.2. The maximum Gasteiger partial charge on any atom is 0.269 e. The molecule has 1 aromatic rings. The Bertz CT molecular complexity index is 441. The van der Waals surface area contributed by atoms with Gasteiger partial charge in [0.15, 0.2) is 0 Å². The third kappa shape index (κ3) is 4.02. The van der Waals surface area contributed by atoms with Crippen LogP contribution in [0.25, 0.3) is 0 Å².